The number of esters is 1. The zero-order valence-corrected chi connectivity index (χ0v) is 11.4. The van der Waals surface area contributed by atoms with E-state index in [4.69, 9.17) is 26.8 Å². The third-order valence-corrected chi connectivity index (χ3v) is 2.58. The molecule has 0 heterocycles. The molecule has 1 aromatic carbocycles. The van der Waals surface area contributed by atoms with Crippen molar-refractivity contribution in [1.82, 2.24) is 0 Å². The van der Waals surface area contributed by atoms with Crippen LogP contribution in [0.25, 0.3) is 0 Å². The first-order valence-electron chi connectivity index (χ1n) is 5.96. The number of carbonyl (C=O) groups excluding carboxylic acids is 1. The fourth-order valence-electron chi connectivity index (χ4n) is 1.49. The van der Waals surface area contributed by atoms with Crippen molar-refractivity contribution in [3.05, 3.63) is 23.2 Å². The third kappa shape index (κ3) is 4.11. The Bertz CT molecular complexity index is 409. The Labute approximate surface area is 112 Å². The lowest BCUT2D eigenvalue weighted by Gasteiger charge is -2.18. The average Bonchev–Trinajstić information content (AvgIpc) is 2.33. The van der Waals surface area contributed by atoms with E-state index in [9.17, 15) is 4.79 Å². The number of hydrogen-bond acceptors (Lipinski definition) is 4. The highest BCUT2D eigenvalue weighted by Crippen LogP contribution is 2.27. The highest BCUT2D eigenvalue weighted by molar-refractivity contribution is 6.30. The molecule has 0 spiro atoms. The summed E-state index contributed by atoms with van der Waals surface area (Å²) in [5, 5.41) is 0.512. The number of benzene rings is 1. The van der Waals surface area contributed by atoms with Gasteiger partial charge < -0.3 is 15.2 Å². The number of hydrogen-bond donors (Lipinski definition) is 1. The van der Waals surface area contributed by atoms with E-state index in [0.29, 0.717) is 29.5 Å². The number of halogens is 1. The van der Waals surface area contributed by atoms with Crippen molar-refractivity contribution in [3.63, 3.8) is 0 Å². The number of nitrogen functional groups attached to an aromatic ring is 1. The zero-order valence-electron chi connectivity index (χ0n) is 10.6. The quantitative estimate of drug-likeness (QED) is 0.638. The van der Waals surface area contributed by atoms with E-state index in [-0.39, 0.29) is 5.97 Å². The van der Waals surface area contributed by atoms with Crippen LogP contribution in [0.1, 0.15) is 26.7 Å². The lowest BCUT2D eigenvalue weighted by molar-refractivity contribution is -0.151. The largest absolute Gasteiger partial charge is 0.477 e. The van der Waals surface area contributed by atoms with E-state index < -0.39 is 6.10 Å². The molecule has 2 N–H and O–H groups in total. The SMILES string of the molecule is CCCC(Oc1cc(Cl)ccc1N)C(=O)OCC. The van der Waals surface area contributed by atoms with Crippen LogP contribution < -0.4 is 10.5 Å². The van der Waals surface area contributed by atoms with Crippen molar-refractivity contribution in [2.24, 2.45) is 0 Å². The first kappa shape index (κ1) is 14.6. The van der Waals surface area contributed by atoms with Crippen LogP contribution in [-0.4, -0.2) is 18.7 Å². The molecule has 1 rings (SSSR count). The summed E-state index contributed by atoms with van der Waals surface area (Å²) in [6, 6.07) is 4.91. The first-order valence-corrected chi connectivity index (χ1v) is 6.34. The van der Waals surface area contributed by atoms with Crippen molar-refractivity contribution in [3.8, 4) is 5.75 Å². The summed E-state index contributed by atoms with van der Waals surface area (Å²) in [5.41, 5.74) is 6.22. The predicted molar refractivity (Wildman–Crippen MR) is 71.8 cm³/mol. The molecule has 0 saturated carbocycles. The number of rotatable bonds is 6. The molecule has 4 nitrogen and oxygen atoms in total. The van der Waals surface area contributed by atoms with Gasteiger partial charge in [-0.05, 0) is 25.5 Å². The molecule has 0 aliphatic heterocycles. The lowest BCUT2D eigenvalue weighted by Crippen LogP contribution is -2.29. The van der Waals surface area contributed by atoms with Gasteiger partial charge in [-0.15, -0.1) is 0 Å². The summed E-state index contributed by atoms with van der Waals surface area (Å²) in [6.07, 6.45) is 0.741. The number of ether oxygens (including phenoxy) is 2. The summed E-state index contributed by atoms with van der Waals surface area (Å²) in [4.78, 5) is 11.7. The van der Waals surface area contributed by atoms with Crippen molar-refractivity contribution < 1.29 is 14.3 Å². The Balaban J connectivity index is 2.82. The number of anilines is 1. The third-order valence-electron chi connectivity index (χ3n) is 2.35. The Morgan fingerprint density at radius 3 is 2.78 bits per heavy atom. The van der Waals surface area contributed by atoms with Gasteiger partial charge in [-0.25, -0.2) is 4.79 Å². The van der Waals surface area contributed by atoms with Gasteiger partial charge in [0.25, 0.3) is 0 Å². The molecule has 0 amide bonds. The van der Waals surface area contributed by atoms with Crippen LogP contribution in [0.3, 0.4) is 0 Å². The summed E-state index contributed by atoms with van der Waals surface area (Å²) in [6.45, 7) is 4.05. The molecule has 0 aliphatic carbocycles. The van der Waals surface area contributed by atoms with E-state index in [2.05, 4.69) is 0 Å². The van der Waals surface area contributed by atoms with E-state index in [0.717, 1.165) is 6.42 Å². The normalized spacial score (nSPS) is 11.9. The van der Waals surface area contributed by atoms with Crippen molar-refractivity contribution in [2.45, 2.75) is 32.8 Å². The van der Waals surface area contributed by atoms with Gasteiger partial charge in [0.05, 0.1) is 12.3 Å². The smallest absolute Gasteiger partial charge is 0.347 e. The highest BCUT2D eigenvalue weighted by Gasteiger charge is 2.21. The summed E-state index contributed by atoms with van der Waals surface area (Å²) < 4.78 is 10.6. The molecule has 1 atom stereocenters. The summed E-state index contributed by atoms with van der Waals surface area (Å²) in [5.74, 6) is 0.0349. The van der Waals surface area contributed by atoms with Crippen LogP contribution in [0, 0.1) is 0 Å². The van der Waals surface area contributed by atoms with Crippen LogP contribution in [0.5, 0.6) is 5.75 Å². The van der Waals surface area contributed by atoms with Crippen LogP contribution in [0.4, 0.5) is 5.69 Å². The fraction of sp³-hybridized carbons (Fsp3) is 0.462. The Hall–Kier alpha value is -1.42. The molecule has 0 radical (unpaired) electrons. The Morgan fingerprint density at radius 2 is 2.17 bits per heavy atom. The van der Waals surface area contributed by atoms with E-state index >= 15 is 0 Å². The molecule has 1 unspecified atom stereocenters. The van der Waals surface area contributed by atoms with Gasteiger partial charge in [0.1, 0.15) is 5.75 Å². The summed E-state index contributed by atoms with van der Waals surface area (Å²) >= 11 is 5.87. The van der Waals surface area contributed by atoms with Crippen LogP contribution >= 0.6 is 11.6 Å². The molecule has 100 valence electrons. The average molecular weight is 272 g/mol. The van der Waals surface area contributed by atoms with Gasteiger partial charge in [0.15, 0.2) is 6.10 Å². The van der Waals surface area contributed by atoms with Gasteiger partial charge in [0, 0.05) is 11.1 Å². The Morgan fingerprint density at radius 1 is 1.44 bits per heavy atom. The second-order valence-corrected chi connectivity index (χ2v) is 4.27. The van der Waals surface area contributed by atoms with Gasteiger partial charge in [-0.1, -0.05) is 24.9 Å². The van der Waals surface area contributed by atoms with E-state index in [1.807, 2.05) is 6.92 Å². The molecule has 0 aliphatic rings. The van der Waals surface area contributed by atoms with E-state index in [1.165, 1.54) is 0 Å². The fourth-order valence-corrected chi connectivity index (χ4v) is 1.65. The molecular weight excluding hydrogens is 254 g/mol. The summed E-state index contributed by atoms with van der Waals surface area (Å²) in [7, 11) is 0. The first-order chi connectivity index (χ1) is 8.58. The predicted octanol–water partition coefficient (Wildman–Crippen LogP) is 3.03. The van der Waals surface area contributed by atoms with Crippen molar-refractivity contribution in [2.75, 3.05) is 12.3 Å². The topological polar surface area (TPSA) is 61.5 Å². The maximum absolute atomic E-state index is 11.7. The van der Waals surface area contributed by atoms with Crippen molar-refractivity contribution in [1.29, 1.82) is 0 Å². The minimum Gasteiger partial charge on any atom is -0.477 e. The van der Waals surface area contributed by atoms with Gasteiger partial charge in [-0.3, -0.25) is 0 Å². The minimum atomic E-state index is -0.643. The zero-order chi connectivity index (χ0) is 13.5. The molecule has 5 heteroatoms. The monoisotopic (exact) mass is 271 g/mol. The van der Waals surface area contributed by atoms with Gasteiger partial charge in [0.2, 0.25) is 0 Å². The van der Waals surface area contributed by atoms with Crippen LogP contribution in [0.15, 0.2) is 18.2 Å². The molecule has 0 saturated heterocycles. The Kier molecular flexibility index (Phi) is 5.78. The van der Waals surface area contributed by atoms with E-state index in [1.54, 1.807) is 25.1 Å². The highest BCUT2D eigenvalue weighted by atomic mass is 35.5. The second kappa shape index (κ2) is 7.11. The maximum atomic E-state index is 11.7. The molecule has 0 bridgehead atoms. The molecule has 1 aromatic rings. The maximum Gasteiger partial charge on any atom is 0.347 e. The lowest BCUT2D eigenvalue weighted by atomic mass is 10.2. The minimum absolute atomic E-state index is 0.327. The second-order valence-electron chi connectivity index (χ2n) is 3.83. The number of nitrogens with two attached hydrogens (primary N) is 1. The standard InChI is InChI=1S/C13H18ClNO3/c1-3-5-11(13(16)17-4-2)18-12-8-9(14)6-7-10(12)15/h6-8,11H,3-5,15H2,1-2H3. The van der Waals surface area contributed by atoms with Gasteiger partial charge >= 0.3 is 5.97 Å². The molecule has 18 heavy (non-hydrogen) atoms. The molecule has 0 fully saturated rings. The van der Waals surface area contributed by atoms with Crippen molar-refractivity contribution >= 4 is 23.3 Å². The van der Waals surface area contributed by atoms with Gasteiger partial charge in [-0.2, -0.15) is 0 Å². The molecule has 0 aromatic heterocycles. The van der Waals surface area contributed by atoms with Crippen LogP contribution in [0.2, 0.25) is 5.02 Å². The number of carbonyl (C=O) groups is 1. The van der Waals surface area contributed by atoms with Crippen LogP contribution in [-0.2, 0) is 9.53 Å². The molecular formula is C13H18ClNO3.